The minimum atomic E-state index is -1.20. The molecule has 1 aromatic carbocycles. The molecule has 0 saturated heterocycles. The molecule has 0 fully saturated rings. The van der Waals surface area contributed by atoms with Gasteiger partial charge < -0.3 is 21.3 Å². The number of rotatable bonds is 7. The first-order chi connectivity index (χ1) is 9.40. The highest BCUT2D eigenvalue weighted by Crippen LogP contribution is 2.08. The zero-order chi connectivity index (χ0) is 15.1. The fourth-order valence-electron chi connectivity index (χ4n) is 1.64. The van der Waals surface area contributed by atoms with Crippen LogP contribution in [0, 0.1) is 0 Å². The summed E-state index contributed by atoms with van der Waals surface area (Å²) in [6, 6.07) is 5.03. The smallest absolute Gasteiger partial charge is 0.326 e. The standard InChI is InChI=1S/C13H16N2O5/c14-9-4-1-3-8(7-9)12(18)15-10(13(19)20)5-2-6-11(16)17/h1,3-4,7,10H,2,5-6,14H2,(H,15,18)(H,16,17)(H,19,20)/t10-/m1/s1. The number of hydrogen-bond donors (Lipinski definition) is 4. The number of nitrogens with two attached hydrogens (primary N) is 1. The third-order valence-corrected chi connectivity index (χ3v) is 2.64. The average molecular weight is 280 g/mol. The third kappa shape index (κ3) is 4.97. The molecule has 0 aromatic heterocycles. The molecular formula is C13H16N2O5. The van der Waals surface area contributed by atoms with Crippen LogP contribution in [-0.2, 0) is 9.59 Å². The molecule has 0 aliphatic heterocycles. The van der Waals surface area contributed by atoms with E-state index in [2.05, 4.69) is 5.32 Å². The van der Waals surface area contributed by atoms with Gasteiger partial charge in [0.1, 0.15) is 6.04 Å². The van der Waals surface area contributed by atoms with Gasteiger partial charge in [0.05, 0.1) is 0 Å². The first-order valence-corrected chi connectivity index (χ1v) is 6.01. The number of carboxylic acids is 2. The summed E-state index contributed by atoms with van der Waals surface area (Å²) in [6.07, 6.45) is 0.0805. The van der Waals surface area contributed by atoms with Gasteiger partial charge in [-0.15, -0.1) is 0 Å². The Morgan fingerprint density at radius 1 is 1.25 bits per heavy atom. The highest BCUT2D eigenvalue weighted by Gasteiger charge is 2.20. The minimum Gasteiger partial charge on any atom is -0.481 e. The Labute approximate surface area is 115 Å². The SMILES string of the molecule is Nc1cccc(C(=O)N[C@H](CCCC(=O)O)C(=O)O)c1. The molecule has 0 bridgehead atoms. The summed E-state index contributed by atoms with van der Waals surface area (Å²) in [5, 5.41) is 19.9. The molecule has 0 saturated carbocycles. The van der Waals surface area contributed by atoms with Crippen LogP contribution in [0.25, 0.3) is 0 Å². The first-order valence-electron chi connectivity index (χ1n) is 6.01. The molecule has 0 radical (unpaired) electrons. The number of carbonyl (C=O) groups excluding carboxylic acids is 1. The molecule has 0 spiro atoms. The predicted molar refractivity (Wildman–Crippen MR) is 71.2 cm³/mol. The maximum atomic E-state index is 11.9. The van der Waals surface area contributed by atoms with Gasteiger partial charge in [-0.3, -0.25) is 9.59 Å². The summed E-state index contributed by atoms with van der Waals surface area (Å²) in [6.45, 7) is 0. The molecule has 1 aromatic rings. The minimum absolute atomic E-state index is 0.0513. The van der Waals surface area contributed by atoms with Crippen molar-refractivity contribution in [1.29, 1.82) is 0 Å². The maximum Gasteiger partial charge on any atom is 0.326 e. The van der Waals surface area contributed by atoms with Gasteiger partial charge in [0.25, 0.3) is 5.91 Å². The lowest BCUT2D eigenvalue weighted by atomic mass is 10.1. The number of nitrogens with one attached hydrogen (secondary N) is 1. The van der Waals surface area contributed by atoms with Crippen LogP contribution < -0.4 is 11.1 Å². The molecule has 0 unspecified atom stereocenters. The summed E-state index contributed by atoms with van der Waals surface area (Å²) in [5.41, 5.74) is 6.20. The van der Waals surface area contributed by atoms with Crippen LogP contribution in [0.15, 0.2) is 24.3 Å². The van der Waals surface area contributed by atoms with Gasteiger partial charge in [0, 0.05) is 17.7 Å². The number of amides is 1. The Bertz CT molecular complexity index is 515. The van der Waals surface area contributed by atoms with E-state index in [9.17, 15) is 14.4 Å². The van der Waals surface area contributed by atoms with Crippen molar-refractivity contribution in [2.45, 2.75) is 25.3 Å². The van der Waals surface area contributed by atoms with E-state index in [1.807, 2.05) is 0 Å². The molecule has 7 heteroatoms. The van der Waals surface area contributed by atoms with E-state index in [-0.39, 0.29) is 24.8 Å². The quantitative estimate of drug-likeness (QED) is 0.544. The van der Waals surface area contributed by atoms with Gasteiger partial charge in [-0.1, -0.05) is 6.07 Å². The molecule has 20 heavy (non-hydrogen) atoms. The van der Waals surface area contributed by atoms with Gasteiger partial charge in [0.15, 0.2) is 0 Å². The second-order valence-corrected chi connectivity index (χ2v) is 4.28. The number of hydrogen-bond acceptors (Lipinski definition) is 4. The summed E-state index contributed by atoms with van der Waals surface area (Å²) in [4.78, 5) is 33.3. The lowest BCUT2D eigenvalue weighted by molar-refractivity contribution is -0.140. The van der Waals surface area contributed by atoms with Gasteiger partial charge in [-0.25, -0.2) is 4.79 Å². The fourth-order valence-corrected chi connectivity index (χ4v) is 1.64. The Morgan fingerprint density at radius 3 is 2.50 bits per heavy atom. The summed E-state index contributed by atoms with van der Waals surface area (Å²) in [7, 11) is 0. The Morgan fingerprint density at radius 2 is 1.95 bits per heavy atom. The first kappa shape index (κ1) is 15.5. The topological polar surface area (TPSA) is 130 Å². The highest BCUT2D eigenvalue weighted by molar-refractivity contribution is 5.97. The van der Waals surface area contributed by atoms with Gasteiger partial charge in [0.2, 0.25) is 0 Å². The largest absolute Gasteiger partial charge is 0.481 e. The normalized spacial score (nSPS) is 11.6. The van der Waals surface area contributed by atoms with Crippen LogP contribution >= 0.6 is 0 Å². The van der Waals surface area contributed by atoms with Crippen molar-refractivity contribution >= 4 is 23.5 Å². The predicted octanol–water partition coefficient (Wildman–Crippen LogP) is 0.707. The molecule has 1 amide bonds. The van der Waals surface area contributed by atoms with Crippen LogP contribution in [0.3, 0.4) is 0 Å². The zero-order valence-electron chi connectivity index (χ0n) is 10.7. The fraction of sp³-hybridized carbons (Fsp3) is 0.308. The molecule has 0 aliphatic carbocycles. The molecule has 1 rings (SSSR count). The van der Waals surface area contributed by atoms with E-state index in [4.69, 9.17) is 15.9 Å². The van der Waals surface area contributed by atoms with Gasteiger partial charge >= 0.3 is 11.9 Å². The zero-order valence-corrected chi connectivity index (χ0v) is 10.7. The molecule has 7 nitrogen and oxygen atoms in total. The van der Waals surface area contributed by atoms with E-state index in [1.165, 1.54) is 12.1 Å². The Balaban J connectivity index is 2.63. The maximum absolute atomic E-state index is 11.9. The monoisotopic (exact) mass is 280 g/mol. The third-order valence-electron chi connectivity index (χ3n) is 2.64. The van der Waals surface area contributed by atoms with Crippen LogP contribution in [0.2, 0.25) is 0 Å². The molecule has 5 N–H and O–H groups in total. The van der Waals surface area contributed by atoms with Crippen molar-refractivity contribution in [3.05, 3.63) is 29.8 Å². The van der Waals surface area contributed by atoms with E-state index in [1.54, 1.807) is 12.1 Å². The van der Waals surface area contributed by atoms with E-state index < -0.39 is 23.9 Å². The number of nitrogen functional groups attached to an aromatic ring is 1. The van der Waals surface area contributed by atoms with Crippen LogP contribution in [-0.4, -0.2) is 34.1 Å². The summed E-state index contributed by atoms with van der Waals surface area (Å²) in [5.74, 6) is -2.76. The van der Waals surface area contributed by atoms with Gasteiger partial charge in [-0.2, -0.15) is 0 Å². The van der Waals surface area contributed by atoms with Crippen molar-refractivity contribution < 1.29 is 24.6 Å². The van der Waals surface area contributed by atoms with Crippen molar-refractivity contribution in [3.8, 4) is 0 Å². The molecular weight excluding hydrogens is 264 g/mol. The lowest BCUT2D eigenvalue weighted by Crippen LogP contribution is -2.40. The van der Waals surface area contributed by atoms with Gasteiger partial charge in [-0.05, 0) is 31.0 Å². The number of aliphatic carboxylic acids is 2. The number of benzene rings is 1. The second kappa shape index (κ2) is 7.13. The van der Waals surface area contributed by atoms with E-state index in [0.29, 0.717) is 5.69 Å². The molecule has 0 aliphatic rings. The summed E-state index contributed by atoms with van der Waals surface area (Å²) < 4.78 is 0. The number of anilines is 1. The van der Waals surface area contributed by atoms with Crippen LogP contribution in [0.1, 0.15) is 29.6 Å². The lowest BCUT2D eigenvalue weighted by Gasteiger charge is -2.14. The van der Waals surface area contributed by atoms with Crippen molar-refractivity contribution in [2.24, 2.45) is 0 Å². The van der Waals surface area contributed by atoms with Crippen molar-refractivity contribution in [1.82, 2.24) is 5.32 Å². The highest BCUT2D eigenvalue weighted by atomic mass is 16.4. The van der Waals surface area contributed by atoms with E-state index >= 15 is 0 Å². The van der Waals surface area contributed by atoms with Crippen LogP contribution in [0.5, 0.6) is 0 Å². The molecule has 108 valence electrons. The average Bonchev–Trinajstić information content (AvgIpc) is 2.36. The van der Waals surface area contributed by atoms with Crippen LogP contribution in [0.4, 0.5) is 5.69 Å². The molecule has 0 heterocycles. The Hall–Kier alpha value is -2.57. The van der Waals surface area contributed by atoms with E-state index in [0.717, 1.165) is 0 Å². The number of carboxylic acid groups (broad SMARTS) is 2. The van der Waals surface area contributed by atoms with Crippen molar-refractivity contribution in [2.75, 3.05) is 5.73 Å². The van der Waals surface area contributed by atoms with Crippen molar-refractivity contribution in [3.63, 3.8) is 0 Å². The second-order valence-electron chi connectivity index (χ2n) is 4.28. The summed E-state index contributed by atoms with van der Waals surface area (Å²) >= 11 is 0. The molecule has 1 atom stereocenters. The Kier molecular flexibility index (Phi) is 5.52. The number of carbonyl (C=O) groups is 3.